The molecule has 0 spiro atoms. The second-order valence-electron chi connectivity index (χ2n) is 3.34. The van der Waals surface area contributed by atoms with Crippen molar-refractivity contribution in [3.63, 3.8) is 0 Å². The molecule has 1 saturated carbocycles. The molecule has 0 bridgehead atoms. The molecule has 1 heterocycles. The van der Waals surface area contributed by atoms with Crippen LogP contribution in [-0.2, 0) is 4.79 Å². The van der Waals surface area contributed by atoms with Crippen molar-refractivity contribution in [1.82, 2.24) is 9.97 Å². The highest BCUT2D eigenvalue weighted by Crippen LogP contribution is 2.45. The van der Waals surface area contributed by atoms with Gasteiger partial charge in [0.1, 0.15) is 5.82 Å². The fourth-order valence-corrected chi connectivity index (χ4v) is 1.40. The molecule has 0 aromatic carbocycles. The lowest BCUT2D eigenvalue weighted by molar-refractivity contribution is -0.138. The van der Waals surface area contributed by atoms with Crippen molar-refractivity contribution in [2.24, 2.45) is 5.92 Å². The van der Waals surface area contributed by atoms with E-state index in [4.69, 9.17) is 5.11 Å². The van der Waals surface area contributed by atoms with Crippen LogP contribution in [0.3, 0.4) is 0 Å². The highest BCUT2D eigenvalue weighted by Gasteiger charge is 2.46. The van der Waals surface area contributed by atoms with E-state index >= 15 is 0 Å². The molecule has 1 aliphatic carbocycles. The summed E-state index contributed by atoms with van der Waals surface area (Å²) in [5, 5.41) is 8.70. The van der Waals surface area contributed by atoms with Crippen LogP contribution in [0.1, 0.15) is 23.9 Å². The molecule has 0 saturated heterocycles. The molecule has 0 aliphatic heterocycles. The van der Waals surface area contributed by atoms with Crippen LogP contribution in [0.25, 0.3) is 0 Å². The van der Waals surface area contributed by atoms with E-state index in [0.29, 0.717) is 12.2 Å². The van der Waals surface area contributed by atoms with E-state index in [1.54, 1.807) is 6.20 Å². The van der Waals surface area contributed by atoms with Gasteiger partial charge < -0.3 is 5.11 Å². The van der Waals surface area contributed by atoms with Gasteiger partial charge in [0.15, 0.2) is 0 Å². The number of hydrogen-bond donors (Lipinski definition) is 1. The molecule has 0 amide bonds. The predicted octanol–water partition coefficient (Wildman–Crippen LogP) is 0.973. The van der Waals surface area contributed by atoms with Crippen LogP contribution < -0.4 is 0 Å². The second-order valence-corrected chi connectivity index (χ2v) is 3.34. The molecule has 0 radical (unpaired) electrons. The van der Waals surface area contributed by atoms with Crippen molar-refractivity contribution in [3.8, 4) is 0 Å². The van der Waals surface area contributed by atoms with Crippen LogP contribution in [0.5, 0.6) is 0 Å². The summed E-state index contributed by atoms with van der Waals surface area (Å²) in [7, 11) is 0. The van der Waals surface area contributed by atoms with Gasteiger partial charge in [0, 0.05) is 17.8 Å². The summed E-state index contributed by atoms with van der Waals surface area (Å²) >= 11 is 0. The Hall–Kier alpha value is -1.45. The highest BCUT2D eigenvalue weighted by molar-refractivity contribution is 5.74. The third kappa shape index (κ3) is 1.52. The third-order valence-electron chi connectivity index (χ3n) is 2.25. The number of nitrogens with zero attached hydrogens (tertiary/aromatic N) is 2. The first-order valence-corrected chi connectivity index (χ1v) is 4.21. The first-order chi connectivity index (χ1) is 6.18. The Morgan fingerprint density at radius 1 is 1.69 bits per heavy atom. The van der Waals surface area contributed by atoms with Crippen molar-refractivity contribution >= 4 is 5.97 Å². The normalized spacial score (nSPS) is 25.6. The molecule has 1 aliphatic rings. The Kier molecular flexibility index (Phi) is 1.76. The summed E-state index contributed by atoms with van der Waals surface area (Å²) in [5.41, 5.74) is 0.890. The highest BCUT2D eigenvalue weighted by atomic mass is 16.4. The lowest BCUT2D eigenvalue weighted by atomic mass is 10.3. The largest absolute Gasteiger partial charge is 0.481 e. The molecular weight excluding hydrogens is 168 g/mol. The van der Waals surface area contributed by atoms with E-state index in [-0.39, 0.29) is 11.8 Å². The molecule has 2 atom stereocenters. The summed E-state index contributed by atoms with van der Waals surface area (Å²) in [6.07, 6.45) is 2.35. The SMILES string of the molecule is Cc1ccnc(C2CC2C(=O)O)n1. The van der Waals surface area contributed by atoms with E-state index in [0.717, 1.165) is 5.69 Å². The zero-order valence-electron chi connectivity index (χ0n) is 7.27. The van der Waals surface area contributed by atoms with Crippen LogP contribution >= 0.6 is 0 Å². The molecule has 1 aromatic rings. The van der Waals surface area contributed by atoms with Gasteiger partial charge in [-0.3, -0.25) is 4.79 Å². The Morgan fingerprint density at radius 2 is 2.46 bits per heavy atom. The van der Waals surface area contributed by atoms with Gasteiger partial charge in [-0.2, -0.15) is 0 Å². The van der Waals surface area contributed by atoms with Crippen molar-refractivity contribution in [2.45, 2.75) is 19.3 Å². The Balaban J connectivity index is 2.16. The molecule has 13 heavy (non-hydrogen) atoms. The van der Waals surface area contributed by atoms with Gasteiger partial charge in [-0.15, -0.1) is 0 Å². The van der Waals surface area contributed by atoms with Crippen LogP contribution in [0.15, 0.2) is 12.3 Å². The molecule has 4 heteroatoms. The van der Waals surface area contributed by atoms with Crippen molar-refractivity contribution < 1.29 is 9.90 Å². The number of aromatic nitrogens is 2. The quantitative estimate of drug-likeness (QED) is 0.733. The van der Waals surface area contributed by atoms with Crippen LogP contribution in [0, 0.1) is 12.8 Å². The van der Waals surface area contributed by atoms with Crippen molar-refractivity contribution in [1.29, 1.82) is 0 Å². The van der Waals surface area contributed by atoms with Crippen molar-refractivity contribution in [3.05, 3.63) is 23.8 Å². The summed E-state index contributed by atoms with van der Waals surface area (Å²) in [6, 6.07) is 1.81. The number of carboxylic acid groups (broad SMARTS) is 1. The maximum atomic E-state index is 10.6. The first-order valence-electron chi connectivity index (χ1n) is 4.21. The maximum Gasteiger partial charge on any atom is 0.307 e. The third-order valence-corrected chi connectivity index (χ3v) is 2.25. The minimum Gasteiger partial charge on any atom is -0.481 e. The van der Waals surface area contributed by atoms with Gasteiger partial charge in [0.25, 0.3) is 0 Å². The number of aliphatic carboxylic acids is 1. The fraction of sp³-hybridized carbons (Fsp3) is 0.444. The Bertz CT molecular complexity index is 351. The van der Waals surface area contributed by atoms with Crippen LogP contribution in [0.4, 0.5) is 0 Å². The van der Waals surface area contributed by atoms with Gasteiger partial charge in [0.05, 0.1) is 5.92 Å². The first kappa shape index (κ1) is 8.16. The smallest absolute Gasteiger partial charge is 0.307 e. The van der Waals surface area contributed by atoms with Gasteiger partial charge >= 0.3 is 5.97 Å². The van der Waals surface area contributed by atoms with Crippen LogP contribution in [-0.4, -0.2) is 21.0 Å². The van der Waals surface area contributed by atoms with Gasteiger partial charge in [-0.25, -0.2) is 9.97 Å². The number of carboxylic acids is 1. The zero-order valence-corrected chi connectivity index (χ0v) is 7.27. The number of rotatable bonds is 2. The van der Waals surface area contributed by atoms with Gasteiger partial charge in [-0.05, 0) is 19.4 Å². The number of carbonyl (C=O) groups is 1. The summed E-state index contributed by atoms with van der Waals surface area (Å²) in [4.78, 5) is 18.8. The molecule has 1 aromatic heterocycles. The molecule has 68 valence electrons. The average molecular weight is 178 g/mol. The topological polar surface area (TPSA) is 63.1 Å². The summed E-state index contributed by atoms with van der Waals surface area (Å²) in [6.45, 7) is 1.88. The minimum absolute atomic E-state index is 0.0393. The maximum absolute atomic E-state index is 10.6. The van der Waals surface area contributed by atoms with E-state index < -0.39 is 5.97 Å². The number of aryl methyl sites for hydroxylation is 1. The summed E-state index contributed by atoms with van der Waals surface area (Å²) in [5.74, 6) is -0.290. The lowest BCUT2D eigenvalue weighted by Crippen LogP contribution is -2.01. The molecular formula is C9H10N2O2. The second kappa shape index (κ2) is 2.80. The minimum atomic E-state index is -0.741. The average Bonchev–Trinajstić information content (AvgIpc) is 2.82. The molecule has 2 unspecified atom stereocenters. The molecule has 2 rings (SSSR count). The Morgan fingerprint density at radius 3 is 3.00 bits per heavy atom. The molecule has 1 N–H and O–H groups in total. The number of hydrogen-bond acceptors (Lipinski definition) is 3. The molecule has 1 fully saturated rings. The monoisotopic (exact) mass is 178 g/mol. The lowest BCUT2D eigenvalue weighted by Gasteiger charge is -1.97. The summed E-state index contributed by atoms with van der Waals surface area (Å²) < 4.78 is 0. The van der Waals surface area contributed by atoms with E-state index in [2.05, 4.69) is 9.97 Å². The van der Waals surface area contributed by atoms with E-state index in [1.807, 2.05) is 13.0 Å². The molecule has 4 nitrogen and oxygen atoms in total. The van der Waals surface area contributed by atoms with Crippen LogP contribution in [0.2, 0.25) is 0 Å². The zero-order chi connectivity index (χ0) is 9.42. The van der Waals surface area contributed by atoms with Gasteiger partial charge in [0.2, 0.25) is 0 Å². The van der Waals surface area contributed by atoms with Crippen molar-refractivity contribution in [2.75, 3.05) is 0 Å². The van der Waals surface area contributed by atoms with Gasteiger partial charge in [-0.1, -0.05) is 0 Å². The fourth-order valence-electron chi connectivity index (χ4n) is 1.40. The predicted molar refractivity (Wildman–Crippen MR) is 45.3 cm³/mol. The van der Waals surface area contributed by atoms with E-state index in [1.165, 1.54) is 0 Å². The Labute approximate surface area is 75.6 Å². The van der Waals surface area contributed by atoms with E-state index in [9.17, 15) is 4.79 Å². The standard InChI is InChI=1S/C9H10N2O2/c1-5-2-3-10-8(11-5)6-4-7(6)9(12)13/h2-3,6-7H,4H2,1H3,(H,12,13).